The number of rotatable bonds is 3. The van der Waals surface area contributed by atoms with Crippen molar-refractivity contribution in [1.29, 1.82) is 0 Å². The van der Waals surface area contributed by atoms with Gasteiger partial charge >= 0.3 is 0 Å². The van der Waals surface area contributed by atoms with E-state index in [0.29, 0.717) is 12.1 Å². The summed E-state index contributed by atoms with van der Waals surface area (Å²) in [5, 5.41) is 0.174. The first-order chi connectivity index (χ1) is 6.24. The zero-order chi connectivity index (χ0) is 9.68. The molecular formula is C8H8ClN3O. The Balaban J connectivity index is 2.79. The number of carbonyl (C=O) groups excluding carboxylic acids is 1. The maximum Gasteiger partial charge on any atom is 0.171 e. The highest BCUT2D eigenvalue weighted by Gasteiger charge is 1.97. The Kier molecular flexibility index (Phi) is 3.40. The van der Waals surface area contributed by atoms with Gasteiger partial charge in [0, 0.05) is 6.42 Å². The molecule has 0 spiro atoms. The molecule has 0 aliphatic carbocycles. The van der Waals surface area contributed by atoms with Gasteiger partial charge < -0.3 is 10.5 Å². The predicted molar refractivity (Wildman–Crippen MR) is 51.2 cm³/mol. The van der Waals surface area contributed by atoms with Crippen molar-refractivity contribution in [2.45, 2.75) is 6.42 Å². The van der Waals surface area contributed by atoms with E-state index in [4.69, 9.17) is 17.3 Å². The molecule has 1 heterocycles. The Hall–Kier alpha value is -1.42. The van der Waals surface area contributed by atoms with Crippen LogP contribution in [-0.2, 0) is 4.79 Å². The fraction of sp³-hybridized carbons (Fsp3) is 0.125. The average Bonchev–Trinajstić information content (AvgIpc) is 2.12. The van der Waals surface area contributed by atoms with E-state index in [-0.39, 0.29) is 11.0 Å². The molecule has 13 heavy (non-hydrogen) atoms. The van der Waals surface area contributed by atoms with E-state index in [1.807, 2.05) is 0 Å². The number of hydrogen-bond acceptors (Lipinski definition) is 4. The van der Waals surface area contributed by atoms with Crippen LogP contribution < -0.4 is 5.73 Å². The molecule has 0 saturated carbocycles. The van der Waals surface area contributed by atoms with Gasteiger partial charge in [-0.2, -0.15) is 0 Å². The summed E-state index contributed by atoms with van der Waals surface area (Å²) in [5.41, 5.74) is 5.94. The SMILES string of the molecule is Nc1ncc(C=CCC=O)nc1Cl. The van der Waals surface area contributed by atoms with Gasteiger partial charge in [-0.25, -0.2) is 9.97 Å². The number of allylic oxidation sites excluding steroid dienone is 1. The lowest BCUT2D eigenvalue weighted by atomic mass is 10.3. The number of aldehydes is 1. The van der Waals surface area contributed by atoms with Crippen molar-refractivity contribution in [3.8, 4) is 0 Å². The molecule has 1 aromatic rings. The lowest BCUT2D eigenvalue weighted by Gasteiger charge is -1.96. The second-order valence-corrected chi connectivity index (χ2v) is 2.63. The number of nitrogens with two attached hydrogens (primary N) is 1. The number of halogens is 1. The highest BCUT2D eigenvalue weighted by molar-refractivity contribution is 6.31. The Morgan fingerprint density at radius 2 is 2.38 bits per heavy atom. The fourth-order valence-electron chi connectivity index (χ4n) is 0.713. The molecule has 0 bridgehead atoms. The predicted octanol–water partition coefficient (Wildman–Crippen LogP) is 1.31. The van der Waals surface area contributed by atoms with Crippen LogP contribution in [0.1, 0.15) is 12.1 Å². The van der Waals surface area contributed by atoms with Crippen molar-refractivity contribution in [3.05, 3.63) is 23.1 Å². The van der Waals surface area contributed by atoms with Crippen LogP contribution in [0.2, 0.25) is 5.15 Å². The van der Waals surface area contributed by atoms with E-state index in [0.717, 1.165) is 6.29 Å². The molecule has 4 nitrogen and oxygen atoms in total. The zero-order valence-electron chi connectivity index (χ0n) is 6.77. The molecule has 0 unspecified atom stereocenters. The largest absolute Gasteiger partial charge is 0.381 e. The van der Waals surface area contributed by atoms with Crippen molar-refractivity contribution >= 4 is 29.8 Å². The van der Waals surface area contributed by atoms with Gasteiger partial charge in [0.25, 0.3) is 0 Å². The van der Waals surface area contributed by atoms with Gasteiger partial charge in [0.15, 0.2) is 11.0 Å². The highest BCUT2D eigenvalue weighted by Crippen LogP contribution is 2.12. The van der Waals surface area contributed by atoms with E-state index in [1.54, 1.807) is 12.2 Å². The number of nitrogens with zero attached hydrogens (tertiary/aromatic N) is 2. The van der Waals surface area contributed by atoms with Crippen LogP contribution in [0.25, 0.3) is 6.08 Å². The van der Waals surface area contributed by atoms with Gasteiger partial charge in [-0.15, -0.1) is 0 Å². The second-order valence-electron chi connectivity index (χ2n) is 2.28. The van der Waals surface area contributed by atoms with E-state index >= 15 is 0 Å². The van der Waals surface area contributed by atoms with Crippen molar-refractivity contribution in [2.75, 3.05) is 5.73 Å². The zero-order valence-corrected chi connectivity index (χ0v) is 7.53. The van der Waals surface area contributed by atoms with E-state index in [2.05, 4.69) is 9.97 Å². The summed E-state index contributed by atoms with van der Waals surface area (Å²) in [7, 11) is 0. The molecule has 0 fully saturated rings. The molecule has 0 aliphatic rings. The Bertz CT molecular complexity index is 338. The maximum absolute atomic E-state index is 9.98. The Morgan fingerprint density at radius 3 is 3.00 bits per heavy atom. The molecule has 2 N–H and O–H groups in total. The normalized spacial score (nSPS) is 10.5. The first-order valence-corrected chi connectivity index (χ1v) is 4.00. The first-order valence-electron chi connectivity index (χ1n) is 3.62. The number of carbonyl (C=O) groups is 1. The van der Waals surface area contributed by atoms with Crippen LogP contribution in [-0.4, -0.2) is 16.3 Å². The molecule has 0 aromatic carbocycles. The molecule has 0 atom stereocenters. The smallest absolute Gasteiger partial charge is 0.171 e. The summed E-state index contributed by atoms with van der Waals surface area (Å²) >= 11 is 5.62. The third kappa shape index (κ3) is 2.83. The molecular weight excluding hydrogens is 190 g/mol. The standard InChI is InChI=1S/C8H8ClN3O/c9-7-8(10)11-5-6(12-7)3-1-2-4-13/h1,3-5H,2H2,(H2,10,11). The average molecular weight is 198 g/mol. The van der Waals surface area contributed by atoms with Gasteiger partial charge in [-0.1, -0.05) is 17.7 Å². The summed E-state index contributed by atoms with van der Waals surface area (Å²) < 4.78 is 0. The minimum absolute atomic E-state index is 0.174. The van der Waals surface area contributed by atoms with Crippen LogP contribution in [0, 0.1) is 0 Å². The molecule has 0 amide bonds. The monoisotopic (exact) mass is 197 g/mol. The van der Waals surface area contributed by atoms with Crippen molar-refractivity contribution < 1.29 is 4.79 Å². The van der Waals surface area contributed by atoms with Crippen LogP contribution in [0.3, 0.4) is 0 Å². The van der Waals surface area contributed by atoms with Crippen LogP contribution >= 0.6 is 11.6 Å². The summed E-state index contributed by atoms with van der Waals surface area (Å²) in [5.74, 6) is 0.203. The summed E-state index contributed by atoms with van der Waals surface area (Å²) in [6, 6.07) is 0. The van der Waals surface area contributed by atoms with Crippen molar-refractivity contribution in [3.63, 3.8) is 0 Å². The highest BCUT2D eigenvalue weighted by atomic mass is 35.5. The van der Waals surface area contributed by atoms with E-state index in [1.165, 1.54) is 6.20 Å². The molecule has 1 aromatic heterocycles. The molecule has 0 saturated heterocycles. The van der Waals surface area contributed by atoms with Gasteiger partial charge in [0.1, 0.15) is 6.29 Å². The molecule has 0 radical (unpaired) electrons. The van der Waals surface area contributed by atoms with E-state index < -0.39 is 0 Å². The van der Waals surface area contributed by atoms with Crippen molar-refractivity contribution in [2.24, 2.45) is 0 Å². The molecule has 5 heteroatoms. The minimum Gasteiger partial charge on any atom is -0.381 e. The maximum atomic E-state index is 9.98. The fourth-order valence-corrected chi connectivity index (χ4v) is 0.859. The summed E-state index contributed by atoms with van der Waals surface area (Å²) in [6.45, 7) is 0. The third-order valence-corrected chi connectivity index (χ3v) is 1.57. The molecule has 0 aliphatic heterocycles. The van der Waals surface area contributed by atoms with Gasteiger partial charge in [-0.3, -0.25) is 0 Å². The number of aromatic nitrogens is 2. The van der Waals surface area contributed by atoms with Crippen LogP contribution in [0.5, 0.6) is 0 Å². The topological polar surface area (TPSA) is 68.9 Å². The first kappa shape index (κ1) is 9.67. The number of anilines is 1. The second kappa shape index (κ2) is 4.57. The van der Waals surface area contributed by atoms with Gasteiger partial charge in [-0.05, 0) is 6.08 Å². The third-order valence-electron chi connectivity index (χ3n) is 1.30. The number of nitrogen functional groups attached to an aromatic ring is 1. The Labute approximate surface area is 80.4 Å². The number of hydrogen-bond donors (Lipinski definition) is 1. The molecule has 1 rings (SSSR count). The minimum atomic E-state index is 0.174. The van der Waals surface area contributed by atoms with E-state index in [9.17, 15) is 4.79 Å². The summed E-state index contributed by atoms with van der Waals surface area (Å²) in [6.07, 6.45) is 5.96. The Morgan fingerprint density at radius 1 is 1.62 bits per heavy atom. The van der Waals surface area contributed by atoms with Gasteiger partial charge in [0.2, 0.25) is 0 Å². The van der Waals surface area contributed by atoms with Crippen LogP contribution in [0.4, 0.5) is 5.82 Å². The van der Waals surface area contributed by atoms with Crippen LogP contribution in [0.15, 0.2) is 12.3 Å². The lowest BCUT2D eigenvalue weighted by molar-refractivity contribution is -0.107. The van der Waals surface area contributed by atoms with Crippen molar-refractivity contribution in [1.82, 2.24) is 9.97 Å². The lowest BCUT2D eigenvalue weighted by Crippen LogP contribution is -1.94. The summed E-state index contributed by atoms with van der Waals surface area (Å²) in [4.78, 5) is 17.7. The molecule has 68 valence electrons. The van der Waals surface area contributed by atoms with Gasteiger partial charge in [0.05, 0.1) is 11.9 Å². The quantitative estimate of drug-likeness (QED) is 0.742.